The van der Waals surface area contributed by atoms with Gasteiger partial charge in [0.25, 0.3) is 0 Å². The highest BCUT2D eigenvalue weighted by molar-refractivity contribution is 7.89. The van der Waals surface area contributed by atoms with Crippen LogP contribution in [-0.2, 0) is 14.8 Å². The number of benzene rings is 1. The Balaban J connectivity index is 2.10. The van der Waals surface area contributed by atoms with Crippen LogP contribution in [0.15, 0.2) is 29.2 Å². The second-order valence-corrected chi connectivity index (χ2v) is 7.17. The van der Waals surface area contributed by atoms with E-state index in [0.717, 1.165) is 17.4 Å². The summed E-state index contributed by atoms with van der Waals surface area (Å²) in [6.45, 7) is 4.36. The van der Waals surface area contributed by atoms with Gasteiger partial charge in [0.2, 0.25) is 15.9 Å². The van der Waals surface area contributed by atoms with E-state index < -0.39 is 10.0 Å². The molecule has 2 rings (SSSR count). The van der Waals surface area contributed by atoms with E-state index in [9.17, 15) is 13.2 Å². The van der Waals surface area contributed by atoms with Crippen LogP contribution in [0.1, 0.15) is 5.56 Å². The second-order valence-electron chi connectivity index (χ2n) is 5.16. The Morgan fingerprint density at radius 2 is 1.90 bits per heavy atom. The number of nitrogens with one attached hydrogen (secondary N) is 1. The van der Waals surface area contributed by atoms with Gasteiger partial charge in [0, 0.05) is 33.2 Å². The average Bonchev–Trinajstić information content (AvgIpc) is 2.48. The first-order valence-corrected chi connectivity index (χ1v) is 8.37. The van der Waals surface area contributed by atoms with E-state index in [1.165, 1.54) is 7.05 Å². The number of likely N-dealkylation sites (N-methyl/N-ethyl adjacent to an activating group) is 1. The van der Waals surface area contributed by atoms with Gasteiger partial charge in [0.15, 0.2) is 0 Å². The van der Waals surface area contributed by atoms with Crippen LogP contribution < -0.4 is 5.32 Å². The fraction of sp³-hybridized carbons (Fsp3) is 0.500. The van der Waals surface area contributed by atoms with Crippen LogP contribution >= 0.6 is 0 Å². The van der Waals surface area contributed by atoms with Crippen LogP contribution in [0, 0.1) is 6.92 Å². The molecule has 7 heteroatoms. The lowest BCUT2D eigenvalue weighted by Crippen LogP contribution is -2.49. The molecule has 0 radical (unpaired) electrons. The van der Waals surface area contributed by atoms with Crippen LogP contribution in [0.2, 0.25) is 0 Å². The summed E-state index contributed by atoms with van der Waals surface area (Å²) in [6.07, 6.45) is 0. The number of nitrogens with zero attached hydrogens (tertiary/aromatic N) is 2. The molecule has 21 heavy (non-hydrogen) atoms. The molecule has 1 aliphatic heterocycles. The van der Waals surface area contributed by atoms with Crippen molar-refractivity contribution in [3.8, 4) is 0 Å². The molecule has 1 amide bonds. The molecule has 116 valence electrons. The largest absolute Gasteiger partial charge is 0.339 e. The summed E-state index contributed by atoms with van der Waals surface area (Å²) in [7, 11) is -2.19. The molecule has 0 aliphatic carbocycles. The highest BCUT2D eigenvalue weighted by Crippen LogP contribution is 2.18. The van der Waals surface area contributed by atoms with Crippen molar-refractivity contribution in [2.75, 3.05) is 39.8 Å². The Bertz CT molecular complexity index is 610. The smallest absolute Gasteiger partial charge is 0.243 e. The maximum absolute atomic E-state index is 12.5. The van der Waals surface area contributed by atoms with Gasteiger partial charge in [-0.2, -0.15) is 4.31 Å². The molecular weight excluding hydrogens is 290 g/mol. The van der Waals surface area contributed by atoms with Crippen molar-refractivity contribution in [1.82, 2.24) is 14.5 Å². The molecule has 0 spiro atoms. The second kappa shape index (κ2) is 6.55. The molecule has 0 unspecified atom stereocenters. The van der Waals surface area contributed by atoms with Crippen molar-refractivity contribution in [2.24, 2.45) is 0 Å². The number of carbonyl (C=O) groups is 1. The van der Waals surface area contributed by atoms with E-state index in [0.29, 0.717) is 18.7 Å². The molecule has 1 aliphatic rings. The van der Waals surface area contributed by atoms with Crippen molar-refractivity contribution in [3.63, 3.8) is 0 Å². The summed E-state index contributed by atoms with van der Waals surface area (Å²) in [5.74, 6) is -0.156. The van der Waals surface area contributed by atoms with Crippen LogP contribution in [0.4, 0.5) is 0 Å². The van der Waals surface area contributed by atoms with Gasteiger partial charge in [-0.25, -0.2) is 8.42 Å². The van der Waals surface area contributed by atoms with Crippen LogP contribution in [0.3, 0.4) is 0 Å². The zero-order valence-electron chi connectivity index (χ0n) is 12.4. The Morgan fingerprint density at radius 1 is 1.29 bits per heavy atom. The topological polar surface area (TPSA) is 69.7 Å². The third-order valence-electron chi connectivity index (χ3n) is 3.61. The molecule has 1 saturated heterocycles. The van der Waals surface area contributed by atoms with Gasteiger partial charge in [-0.05, 0) is 18.6 Å². The van der Waals surface area contributed by atoms with Gasteiger partial charge in [0.1, 0.15) is 0 Å². The molecule has 0 bridgehead atoms. The van der Waals surface area contributed by atoms with Crippen LogP contribution in [-0.4, -0.2) is 63.3 Å². The zero-order chi connectivity index (χ0) is 15.5. The molecule has 1 aromatic rings. The molecule has 6 nitrogen and oxygen atoms in total. The molecule has 1 heterocycles. The standard InChI is InChI=1S/C14H21N3O3S/c1-12-5-3-4-6-13(12)21(19,20)16(2)11-14(18)17-9-7-15-8-10-17/h3-6,15H,7-11H2,1-2H3. The quantitative estimate of drug-likeness (QED) is 0.853. The number of rotatable bonds is 4. The fourth-order valence-electron chi connectivity index (χ4n) is 2.30. The van der Waals surface area contributed by atoms with Gasteiger partial charge in [-0.15, -0.1) is 0 Å². The first-order chi connectivity index (χ1) is 9.93. The normalized spacial score (nSPS) is 16.2. The molecule has 1 aromatic carbocycles. The van der Waals surface area contributed by atoms with E-state index >= 15 is 0 Å². The zero-order valence-corrected chi connectivity index (χ0v) is 13.2. The molecule has 1 N–H and O–H groups in total. The number of carbonyl (C=O) groups excluding carboxylic acids is 1. The highest BCUT2D eigenvalue weighted by atomic mass is 32.2. The minimum absolute atomic E-state index is 0.128. The summed E-state index contributed by atoms with van der Waals surface area (Å²) in [4.78, 5) is 14.1. The van der Waals surface area contributed by atoms with Crippen LogP contribution in [0.5, 0.6) is 0 Å². The van der Waals surface area contributed by atoms with Crippen molar-refractivity contribution in [3.05, 3.63) is 29.8 Å². The third-order valence-corrected chi connectivity index (χ3v) is 5.57. The van der Waals surface area contributed by atoms with Gasteiger partial charge in [0.05, 0.1) is 11.4 Å². The predicted molar refractivity (Wildman–Crippen MR) is 80.4 cm³/mol. The molecule has 0 aromatic heterocycles. The maximum atomic E-state index is 12.5. The fourth-order valence-corrected chi connectivity index (χ4v) is 3.65. The van der Waals surface area contributed by atoms with Crippen molar-refractivity contribution < 1.29 is 13.2 Å². The molecule has 0 atom stereocenters. The van der Waals surface area contributed by atoms with Crippen LogP contribution in [0.25, 0.3) is 0 Å². The minimum atomic E-state index is -3.63. The number of amides is 1. The number of sulfonamides is 1. The number of hydrogen-bond donors (Lipinski definition) is 1. The average molecular weight is 311 g/mol. The van der Waals surface area contributed by atoms with E-state index in [4.69, 9.17) is 0 Å². The summed E-state index contributed by atoms with van der Waals surface area (Å²) in [5, 5.41) is 3.16. The van der Waals surface area contributed by atoms with Gasteiger partial charge >= 0.3 is 0 Å². The van der Waals surface area contributed by atoms with E-state index in [-0.39, 0.29) is 17.3 Å². The molecular formula is C14H21N3O3S. The lowest BCUT2D eigenvalue weighted by atomic mass is 10.2. The first kappa shape index (κ1) is 15.9. The lowest BCUT2D eigenvalue weighted by molar-refractivity contribution is -0.131. The highest BCUT2D eigenvalue weighted by Gasteiger charge is 2.26. The van der Waals surface area contributed by atoms with Gasteiger partial charge in [-0.3, -0.25) is 4.79 Å². The van der Waals surface area contributed by atoms with E-state index in [2.05, 4.69) is 5.32 Å². The molecule has 0 saturated carbocycles. The Hall–Kier alpha value is -1.44. The van der Waals surface area contributed by atoms with Gasteiger partial charge in [-0.1, -0.05) is 18.2 Å². The van der Waals surface area contributed by atoms with E-state index in [1.807, 2.05) is 0 Å². The first-order valence-electron chi connectivity index (χ1n) is 6.93. The Morgan fingerprint density at radius 3 is 2.52 bits per heavy atom. The van der Waals surface area contributed by atoms with E-state index in [1.54, 1.807) is 36.1 Å². The minimum Gasteiger partial charge on any atom is -0.339 e. The third kappa shape index (κ3) is 3.61. The molecule has 1 fully saturated rings. The van der Waals surface area contributed by atoms with Crippen molar-refractivity contribution in [1.29, 1.82) is 0 Å². The SMILES string of the molecule is Cc1ccccc1S(=O)(=O)N(C)CC(=O)N1CCNCC1. The van der Waals surface area contributed by atoms with Crippen molar-refractivity contribution in [2.45, 2.75) is 11.8 Å². The summed E-state index contributed by atoms with van der Waals surface area (Å²) in [6, 6.07) is 6.79. The summed E-state index contributed by atoms with van der Waals surface area (Å²) < 4.78 is 26.2. The summed E-state index contributed by atoms with van der Waals surface area (Å²) >= 11 is 0. The number of piperazine rings is 1. The predicted octanol–water partition coefficient (Wildman–Crippen LogP) is 0.0473. The number of hydrogen-bond acceptors (Lipinski definition) is 4. The Kier molecular flexibility index (Phi) is 4.97. The number of aryl methyl sites for hydroxylation is 1. The Labute approximate surface area is 125 Å². The van der Waals surface area contributed by atoms with Crippen molar-refractivity contribution >= 4 is 15.9 Å². The maximum Gasteiger partial charge on any atom is 0.243 e. The summed E-state index contributed by atoms with van der Waals surface area (Å²) in [5.41, 5.74) is 0.680. The monoisotopic (exact) mass is 311 g/mol. The van der Waals surface area contributed by atoms with Gasteiger partial charge < -0.3 is 10.2 Å². The lowest BCUT2D eigenvalue weighted by Gasteiger charge is -2.29.